The van der Waals surface area contributed by atoms with Gasteiger partial charge in [-0.1, -0.05) is 62.0 Å². The number of esters is 1. The number of hydrogen-bond acceptors (Lipinski definition) is 7. The van der Waals surface area contributed by atoms with Gasteiger partial charge in [0.25, 0.3) is 10.0 Å². The molecule has 1 aliphatic carbocycles. The van der Waals surface area contributed by atoms with Gasteiger partial charge in [-0.05, 0) is 42.5 Å². The fourth-order valence-electron chi connectivity index (χ4n) is 4.68. The summed E-state index contributed by atoms with van der Waals surface area (Å²) in [6.45, 7) is 6.65. The number of allylic oxidation sites excluding steroid dienone is 4. The van der Waals surface area contributed by atoms with Crippen molar-refractivity contribution in [2.45, 2.75) is 44.0 Å². The molecule has 0 spiro atoms. The summed E-state index contributed by atoms with van der Waals surface area (Å²) in [5.74, 6) is 0.357. The smallest absolute Gasteiger partial charge is 0.363 e. The zero-order valence-corrected chi connectivity index (χ0v) is 22.2. The average molecular weight is 524 g/mol. The number of thioether (sulfide) groups is 1. The van der Waals surface area contributed by atoms with E-state index in [0.29, 0.717) is 16.6 Å². The van der Waals surface area contributed by atoms with E-state index >= 15 is 0 Å². The number of nitrogens with zero attached hydrogens (tertiary/aromatic N) is 3. The van der Waals surface area contributed by atoms with Gasteiger partial charge >= 0.3 is 5.97 Å². The molecule has 3 aliphatic rings. The standard InChI is InChI=1S/C27H29N3O4S2/c1-4-34-26(31)25-29-23(17-35-25)22-16-30(36(32,33)20-8-6-5-7-9-20)24-21(22)14-19(15-28-24)18-10-12-27(2,3)13-11-18/h5-12,14-15,22-23H,4,13,16-17H2,1-3H3. The lowest BCUT2D eigenvalue weighted by molar-refractivity contribution is -0.134. The fraction of sp³-hybridized carbons (Fsp3) is 0.370. The Morgan fingerprint density at radius 1 is 1.25 bits per heavy atom. The van der Waals surface area contributed by atoms with Gasteiger partial charge in [0.05, 0.1) is 17.5 Å². The number of rotatable bonds is 6. The Labute approximate surface area is 216 Å². The van der Waals surface area contributed by atoms with Crippen LogP contribution in [-0.4, -0.2) is 49.4 Å². The molecule has 7 nitrogen and oxygen atoms in total. The second-order valence-corrected chi connectivity index (χ2v) is 12.7. The van der Waals surface area contributed by atoms with Crippen LogP contribution in [0.25, 0.3) is 5.57 Å². The third-order valence-electron chi connectivity index (χ3n) is 6.71. The number of aliphatic imine (C=N–C) groups is 1. The van der Waals surface area contributed by atoms with Crippen LogP contribution in [0.3, 0.4) is 0 Å². The molecule has 2 unspecified atom stereocenters. The Morgan fingerprint density at radius 2 is 2.03 bits per heavy atom. The van der Waals surface area contributed by atoms with E-state index in [0.717, 1.165) is 23.1 Å². The lowest BCUT2D eigenvalue weighted by Gasteiger charge is -2.23. The number of fused-ring (bicyclic) bond motifs is 1. The summed E-state index contributed by atoms with van der Waals surface area (Å²) in [5, 5.41) is 0.344. The number of pyridine rings is 1. The molecule has 2 atom stereocenters. The lowest BCUT2D eigenvalue weighted by Crippen LogP contribution is -2.32. The van der Waals surface area contributed by atoms with E-state index in [4.69, 9.17) is 4.74 Å². The van der Waals surface area contributed by atoms with E-state index in [1.807, 2.05) is 6.07 Å². The van der Waals surface area contributed by atoms with Gasteiger partial charge in [-0.25, -0.2) is 22.5 Å². The summed E-state index contributed by atoms with van der Waals surface area (Å²) in [6, 6.07) is 10.2. The highest BCUT2D eigenvalue weighted by atomic mass is 32.2. The monoisotopic (exact) mass is 523 g/mol. The summed E-state index contributed by atoms with van der Waals surface area (Å²) in [7, 11) is -3.81. The summed E-state index contributed by atoms with van der Waals surface area (Å²) in [5.41, 5.74) is 2.97. The summed E-state index contributed by atoms with van der Waals surface area (Å²) in [4.78, 5) is 21.8. The van der Waals surface area contributed by atoms with Gasteiger partial charge in [-0.3, -0.25) is 4.99 Å². The highest BCUT2D eigenvalue weighted by Gasteiger charge is 2.43. The van der Waals surface area contributed by atoms with E-state index in [-0.39, 0.29) is 35.4 Å². The zero-order valence-electron chi connectivity index (χ0n) is 20.5. The third-order valence-corrected chi connectivity index (χ3v) is 9.53. The van der Waals surface area contributed by atoms with Crippen LogP contribution in [-0.2, 0) is 19.6 Å². The first-order chi connectivity index (χ1) is 17.2. The van der Waals surface area contributed by atoms with Crippen molar-refractivity contribution in [3.8, 4) is 0 Å². The average Bonchev–Trinajstić information content (AvgIpc) is 3.50. The van der Waals surface area contributed by atoms with Gasteiger partial charge in [-0.15, -0.1) is 0 Å². The predicted molar refractivity (Wildman–Crippen MR) is 144 cm³/mol. The quantitative estimate of drug-likeness (QED) is 0.505. The van der Waals surface area contributed by atoms with Gasteiger partial charge in [0, 0.05) is 35.5 Å². The summed E-state index contributed by atoms with van der Waals surface area (Å²) in [6.07, 6.45) is 9.18. The zero-order chi connectivity index (χ0) is 25.5. The molecule has 0 amide bonds. The van der Waals surface area contributed by atoms with Gasteiger partial charge in [0.2, 0.25) is 0 Å². The van der Waals surface area contributed by atoms with Crippen LogP contribution < -0.4 is 4.31 Å². The number of hydrogen-bond donors (Lipinski definition) is 0. The van der Waals surface area contributed by atoms with Crippen molar-refractivity contribution in [2.24, 2.45) is 10.4 Å². The Kier molecular flexibility index (Phi) is 6.55. The van der Waals surface area contributed by atoms with Gasteiger partial charge in [0.15, 0.2) is 5.04 Å². The first kappa shape index (κ1) is 24.8. The number of aromatic nitrogens is 1. The van der Waals surface area contributed by atoms with Crippen LogP contribution in [0.5, 0.6) is 0 Å². The van der Waals surface area contributed by atoms with Crippen molar-refractivity contribution >= 4 is 44.2 Å². The van der Waals surface area contributed by atoms with E-state index < -0.39 is 16.0 Å². The molecule has 1 aromatic carbocycles. The maximum absolute atomic E-state index is 13.6. The molecular formula is C27H29N3O4S2. The van der Waals surface area contributed by atoms with E-state index in [2.05, 4.69) is 42.1 Å². The lowest BCUT2D eigenvalue weighted by atomic mass is 9.82. The number of benzene rings is 1. The van der Waals surface area contributed by atoms with Gasteiger partial charge in [-0.2, -0.15) is 0 Å². The molecule has 0 saturated carbocycles. The topological polar surface area (TPSA) is 88.9 Å². The molecule has 0 radical (unpaired) electrons. The number of sulfonamides is 1. The normalized spacial score (nSPS) is 22.7. The molecule has 3 heterocycles. The Morgan fingerprint density at radius 3 is 2.72 bits per heavy atom. The maximum atomic E-state index is 13.6. The maximum Gasteiger partial charge on any atom is 0.363 e. The second kappa shape index (κ2) is 9.52. The van der Waals surface area contributed by atoms with Crippen LogP contribution in [0, 0.1) is 5.41 Å². The Hall–Kier alpha value is -2.91. The molecule has 2 aliphatic heterocycles. The molecule has 9 heteroatoms. The molecule has 0 N–H and O–H groups in total. The van der Waals surface area contributed by atoms with Gasteiger partial charge < -0.3 is 4.74 Å². The Balaban J connectivity index is 1.55. The van der Waals surface area contributed by atoms with Crippen LogP contribution in [0.15, 0.2) is 70.7 Å². The molecule has 0 saturated heterocycles. The SMILES string of the molecule is CCOC(=O)C1=NC(C2CN(S(=O)(=O)c3ccccc3)c3ncc(C4=CCC(C)(C)C=C4)cc32)CS1. The van der Waals surface area contributed by atoms with E-state index in [1.54, 1.807) is 43.5 Å². The molecule has 36 heavy (non-hydrogen) atoms. The number of carbonyl (C=O) groups excluding carboxylic acids is 1. The minimum atomic E-state index is -3.81. The van der Waals surface area contributed by atoms with Crippen LogP contribution in [0.1, 0.15) is 44.2 Å². The summed E-state index contributed by atoms with van der Waals surface area (Å²) < 4.78 is 33.8. The molecule has 2 aromatic rings. The molecule has 0 bridgehead atoms. The molecule has 0 fully saturated rings. The van der Waals surface area contributed by atoms with E-state index in [9.17, 15) is 13.2 Å². The molecule has 5 rings (SSSR count). The third kappa shape index (κ3) is 4.62. The van der Waals surface area contributed by atoms with Crippen molar-refractivity contribution in [1.82, 2.24) is 4.98 Å². The second-order valence-electron chi connectivity index (χ2n) is 9.81. The van der Waals surface area contributed by atoms with E-state index in [1.165, 1.54) is 16.1 Å². The van der Waals surface area contributed by atoms with Crippen molar-refractivity contribution in [3.05, 3.63) is 72.0 Å². The molecule has 188 valence electrons. The Bertz CT molecular complexity index is 1380. The number of ether oxygens (including phenoxy) is 1. The first-order valence-corrected chi connectivity index (χ1v) is 14.5. The minimum Gasteiger partial charge on any atom is -0.461 e. The van der Waals surface area contributed by atoms with Crippen molar-refractivity contribution < 1.29 is 17.9 Å². The minimum absolute atomic E-state index is 0.107. The van der Waals surface area contributed by atoms with Crippen LogP contribution >= 0.6 is 11.8 Å². The van der Waals surface area contributed by atoms with Crippen LogP contribution in [0.2, 0.25) is 0 Å². The van der Waals surface area contributed by atoms with Crippen molar-refractivity contribution in [1.29, 1.82) is 0 Å². The predicted octanol–water partition coefficient (Wildman–Crippen LogP) is 4.82. The highest BCUT2D eigenvalue weighted by Crippen LogP contribution is 2.44. The number of anilines is 1. The number of carbonyl (C=O) groups is 1. The highest BCUT2D eigenvalue weighted by molar-refractivity contribution is 8.16. The van der Waals surface area contributed by atoms with Crippen LogP contribution in [0.4, 0.5) is 5.82 Å². The van der Waals surface area contributed by atoms with Crippen molar-refractivity contribution in [2.75, 3.05) is 23.2 Å². The van der Waals surface area contributed by atoms with Gasteiger partial charge in [0.1, 0.15) is 5.82 Å². The molecule has 1 aromatic heterocycles. The fourth-order valence-corrected chi connectivity index (χ4v) is 7.19. The largest absolute Gasteiger partial charge is 0.461 e. The van der Waals surface area contributed by atoms with Crippen molar-refractivity contribution in [3.63, 3.8) is 0 Å². The first-order valence-electron chi connectivity index (χ1n) is 12.0. The molecular weight excluding hydrogens is 494 g/mol. The summed E-state index contributed by atoms with van der Waals surface area (Å²) >= 11 is 1.36.